The van der Waals surface area contributed by atoms with Gasteiger partial charge < -0.3 is 5.11 Å². The van der Waals surface area contributed by atoms with Gasteiger partial charge in [0, 0.05) is 0 Å². The topological polar surface area (TPSA) is 20.2 Å². The van der Waals surface area contributed by atoms with Crippen LogP contribution in [-0.4, -0.2) is 11.2 Å². The van der Waals surface area contributed by atoms with Gasteiger partial charge in [-0.25, -0.2) is 0 Å². The van der Waals surface area contributed by atoms with Crippen LogP contribution >= 0.6 is 0 Å². The third-order valence-corrected chi connectivity index (χ3v) is 3.88. The maximum absolute atomic E-state index is 9.51. The lowest BCUT2D eigenvalue weighted by Gasteiger charge is -2.15. The molecular formula is C9H16O. The van der Waals surface area contributed by atoms with Crippen molar-refractivity contribution in [2.24, 2.45) is 17.3 Å². The summed E-state index contributed by atoms with van der Waals surface area (Å²) in [5, 5.41) is 9.51. The van der Waals surface area contributed by atoms with E-state index in [1.165, 1.54) is 12.8 Å². The molecule has 0 bridgehead atoms. The van der Waals surface area contributed by atoms with Gasteiger partial charge in [-0.15, -0.1) is 0 Å². The van der Waals surface area contributed by atoms with Gasteiger partial charge in [0.2, 0.25) is 0 Å². The Morgan fingerprint density at radius 2 is 2.30 bits per heavy atom. The van der Waals surface area contributed by atoms with Crippen LogP contribution in [0.2, 0.25) is 0 Å². The first-order valence-corrected chi connectivity index (χ1v) is 4.39. The molecule has 0 saturated heterocycles. The normalized spacial score (nSPS) is 58.5. The van der Waals surface area contributed by atoms with E-state index in [0.29, 0.717) is 11.3 Å². The Labute approximate surface area is 62.4 Å². The second kappa shape index (κ2) is 1.76. The Bertz CT molecular complexity index is 151. The zero-order valence-electron chi connectivity index (χ0n) is 6.80. The van der Waals surface area contributed by atoms with Crippen LogP contribution in [-0.2, 0) is 0 Å². The van der Waals surface area contributed by atoms with Gasteiger partial charge in [-0.3, -0.25) is 0 Å². The first kappa shape index (κ1) is 6.66. The Morgan fingerprint density at radius 3 is 2.50 bits per heavy atom. The molecule has 10 heavy (non-hydrogen) atoms. The highest BCUT2D eigenvalue weighted by atomic mass is 16.3. The van der Waals surface area contributed by atoms with Crippen LogP contribution in [0.4, 0.5) is 0 Å². The van der Waals surface area contributed by atoms with Crippen LogP contribution in [0.15, 0.2) is 0 Å². The highest BCUT2D eigenvalue weighted by molar-refractivity contribution is 5.12. The lowest BCUT2D eigenvalue weighted by molar-refractivity contribution is 0.153. The minimum absolute atomic E-state index is 0.0370. The third-order valence-electron chi connectivity index (χ3n) is 3.88. The molecule has 2 rings (SSSR count). The van der Waals surface area contributed by atoms with Crippen molar-refractivity contribution in [2.75, 3.05) is 0 Å². The summed E-state index contributed by atoms with van der Waals surface area (Å²) < 4.78 is 0. The van der Waals surface area contributed by atoms with Crippen molar-refractivity contribution in [1.82, 2.24) is 0 Å². The summed E-state index contributed by atoms with van der Waals surface area (Å²) in [6, 6.07) is 0. The molecular weight excluding hydrogens is 124 g/mol. The third kappa shape index (κ3) is 0.572. The maximum atomic E-state index is 9.51. The predicted octanol–water partition coefficient (Wildman–Crippen LogP) is 1.80. The van der Waals surface area contributed by atoms with E-state index in [0.717, 1.165) is 12.3 Å². The number of hydrogen-bond acceptors (Lipinski definition) is 1. The summed E-state index contributed by atoms with van der Waals surface area (Å²) in [5.74, 6) is 1.45. The summed E-state index contributed by atoms with van der Waals surface area (Å²) in [5.41, 5.74) is 0.583. The molecule has 2 fully saturated rings. The molecule has 0 spiro atoms. The van der Waals surface area contributed by atoms with Crippen LogP contribution in [0, 0.1) is 17.3 Å². The smallest absolute Gasteiger partial charge is 0.0576 e. The van der Waals surface area contributed by atoms with E-state index in [1.54, 1.807) is 0 Å². The molecule has 58 valence electrons. The first-order valence-electron chi connectivity index (χ1n) is 4.39. The molecule has 0 amide bonds. The molecule has 0 radical (unpaired) electrons. The van der Waals surface area contributed by atoms with E-state index in [2.05, 4.69) is 13.8 Å². The number of aliphatic hydroxyl groups excluding tert-OH is 1. The van der Waals surface area contributed by atoms with Crippen molar-refractivity contribution in [1.29, 1.82) is 0 Å². The van der Waals surface area contributed by atoms with Gasteiger partial charge in [-0.2, -0.15) is 0 Å². The van der Waals surface area contributed by atoms with Gasteiger partial charge >= 0.3 is 0 Å². The summed E-state index contributed by atoms with van der Waals surface area (Å²) in [4.78, 5) is 0. The molecule has 1 heteroatoms. The van der Waals surface area contributed by atoms with Crippen molar-refractivity contribution in [3.8, 4) is 0 Å². The molecule has 0 heterocycles. The fourth-order valence-electron chi connectivity index (χ4n) is 2.95. The minimum atomic E-state index is 0.0370. The predicted molar refractivity (Wildman–Crippen MR) is 40.6 cm³/mol. The van der Waals surface area contributed by atoms with Gasteiger partial charge in [-0.05, 0) is 36.5 Å². The summed E-state index contributed by atoms with van der Waals surface area (Å²) in [6.45, 7) is 4.55. The molecule has 4 unspecified atom stereocenters. The highest BCUT2D eigenvalue weighted by Crippen LogP contribution is 2.68. The fraction of sp³-hybridized carbons (Fsp3) is 1.00. The fourth-order valence-corrected chi connectivity index (χ4v) is 2.95. The Balaban J connectivity index is 2.16. The van der Waals surface area contributed by atoms with Gasteiger partial charge in [0.1, 0.15) is 0 Å². The number of aliphatic hydroxyl groups is 1. The van der Waals surface area contributed by atoms with Crippen LogP contribution in [0.5, 0.6) is 0 Å². The van der Waals surface area contributed by atoms with Crippen molar-refractivity contribution in [3.63, 3.8) is 0 Å². The van der Waals surface area contributed by atoms with Crippen LogP contribution in [0.3, 0.4) is 0 Å². The number of rotatable bonds is 1. The van der Waals surface area contributed by atoms with E-state index in [9.17, 15) is 5.11 Å². The molecule has 0 aromatic rings. The largest absolute Gasteiger partial charge is 0.393 e. The quantitative estimate of drug-likeness (QED) is 0.589. The van der Waals surface area contributed by atoms with E-state index in [4.69, 9.17) is 0 Å². The summed E-state index contributed by atoms with van der Waals surface area (Å²) in [7, 11) is 0. The molecule has 0 aromatic carbocycles. The van der Waals surface area contributed by atoms with Gasteiger partial charge in [0.15, 0.2) is 0 Å². The number of hydrogen-bond donors (Lipinski definition) is 1. The van der Waals surface area contributed by atoms with Crippen molar-refractivity contribution < 1.29 is 5.11 Å². The van der Waals surface area contributed by atoms with Crippen LogP contribution in [0.1, 0.15) is 33.1 Å². The lowest BCUT2D eigenvalue weighted by Crippen LogP contribution is -2.08. The van der Waals surface area contributed by atoms with Gasteiger partial charge in [-0.1, -0.05) is 13.8 Å². The monoisotopic (exact) mass is 140 g/mol. The zero-order chi connectivity index (χ0) is 7.35. The molecule has 2 saturated carbocycles. The Morgan fingerprint density at radius 1 is 1.60 bits per heavy atom. The second-order valence-corrected chi connectivity index (χ2v) is 4.10. The van der Waals surface area contributed by atoms with Crippen LogP contribution < -0.4 is 0 Å². The van der Waals surface area contributed by atoms with E-state index < -0.39 is 0 Å². The molecule has 0 aliphatic heterocycles. The molecule has 2 aliphatic rings. The van der Waals surface area contributed by atoms with Crippen molar-refractivity contribution in [3.05, 3.63) is 0 Å². The maximum Gasteiger partial charge on any atom is 0.0576 e. The van der Waals surface area contributed by atoms with E-state index >= 15 is 0 Å². The summed E-state index contributed by atoms with van der Waals surface area (Å²) in [6.07, 6.45) is 3.66. The van der Waals surface area contributed by atoms with Crippen molar-refractivity contribution in [2.45, 2.75) is 39.2 Å². The minimum Gasteiger partial charge on any atom is -0.393 e. The standard InChI is InChI=1S/C9H16O/c1-3-9-5-7(9)8(10)4-6(9)2/h6-8,10H,3-5H2,1-2H3. The molecule has 0 aromatic heterocycles. The first-order chi connectivity index (χ1) is 4.70. The average molecular weight is 140 g/mol. The Hall–Kier alpha value is -0.0400. The van der Waals surface area contributed by atoms with Gasteiger partial charge in [0.25, 0.3) is 0 Å². The molecule has 1 N–H and O–H groups in total. The van der Waals surface area contributed by atoms with Crippen molar-refractivity contribution >= 4 is 0 Å². The average Bonchev–Trinajstić information content (AvgIpc) is 2.57. The van der Waals surface area contributed by atoms with E-state index in [-0.39, 0.29) is 6.10 Å². The van der Waals surface area contributed by atoms with Crippen LogP contribution in [0.25, 0.3) is 0 Å². The molecule has 1 nitrogen and oxygen atoms in total. The van der Waals surface area contributed by atoms with Gasteiger partial charge in [0.05, 0.1) is 6.10 Å². The zero-order valence-corrected chi connectivity index (χ0v) is 6.80. The number of fused-ring (bicyclic) bond motifs is 1. The lowest BCUT2D eigenvalue weighted by atomic mass is 9.90. The molecule has 4 atom stereocenters. The summed E-state index contributed by atoms with van der Waals surface area (Å²) >= 11 is 0. The highest BCUT2D eigenvalue weighted by Gasteiger charge is 2.63. The molecule has 2 aliphatic carbocycles. The van der Waals surface area contributed by atoms with E-state index in [1.807, 2.05) is 0 Å². The Kier molecular flexibility index (Phi) is 1.17. The SMILES string of the molecule is CCC12CC1C(O)CC2C. The second-order valence-electron chi connectivity index (χ2n) is 4.10.